The number of rotatable bonds is 8. The summed E-state index contributed by atoms with van der Waals surface area (Å²) < 4.78 is 5.79. The number of benzene rings is 1. The fraction of sp³-hybridized carbons (Fsp3) is 0.667. The van der Waals surface area contributed by atoms with Gasteiger partial charge in [-0.15, -0.1) is 0 Å². The Balaban J connectivity index is 2.00. The van der Waals surface area contributed by atoms with Crippen molar-refractivity contribution < 1.29 is 4.74 Å². The van der Waals surface area contributed by atoms with Crippen molar-refractivity contribution in [3.05, 3.63) is 29.3 Å². The van der Waals surface area contributed by atoms with E-state index < -0.39 is 0 Å². The van der Waals surface area contributed by atoms with Crippen molar-refractivity contribution in [3.8, 4) is 5.75 Å². The van der Waals surface area contributed by atoms with Gasteiger partial charge in [-0.2, -0.15) is 0 Å². The molecule has 2 heteroatoms. The molecule has 0 amide bonds. The molecule has 0 aromatic heterocycles. The molecule has 0 bridgehead atoms. The molecule has 1 aliphatic rings. The van der Waals surface area contributed by atoms with Crippen LogP contribution in [0.25, 0.3) is 0 Å². The minimum atomic E-state index is 0.336. The molecule has 0 fully saturated rings. The van der Waals surface area contributed by atoms with Crippen LogP contribution >= 0.6 is 0 Å². The van der Waals surface area contributed by atoms with Crippen molar-refractivity contribution in [3.63, 3.8) is 0 Å². The maximum absolute atomic E-state index is 5.79. The summed E-state index contributed by atoms with van der Waals surface area (Å²) >= 11 is 0. The molecule has 1 aliphatic heterocycles. The predicted molar refractivity (Wildman–Crippen MR) is 85.4 cm³/mol. The van der Waals surface area contributed by atoms with Crippen LogP contribution in [-0.4, -0.2) is 12.6 Å². The lowest BCUT2D eigenvalue weighted by Gasteiger charge is -2.19. The van der Waals surface area contributed by atoms with Crippen LogP contribution in [0.5, 0.6) is 5.75 Å². The summed E-state index contributed by atoms with van der Waals surface area (Å²) in [5.74, 6) is 1.09. The van der Waals surface area contributed by atoms with Gasteiger partial charge in [0.2, 0.25) is 0 Å². The van der Waals surface area contributed by atoms with E-state index in [0.29, 0.717) is 12.1 Å². The number of hydrogen-bond donors (Lipinski definition) is 1. The van der Waals surface area contributed by atoms with Gasteiger partial charge < -0.3 is 10.1 Å². The average molecular weight is 275 g/mol. The molecule has 0 radical (unpaired) electrons. The van der Waals surface area contributed by atoms with Crippen LogP contribution in [0.15, 0.2) is 18.2 Å². The molecular weight excluding hydrogens is 246 g/mol. The van der Waals surface area contributed by atoms with Gasteiger partial charge in [0.25, 0.3) is 0 Å². The van der Waals surface area contributed by atoms with Crippen LogP contribution in [0, 0.1) is 0 Å². The Morgan fingerprint density at radius 1 is 1.25 bits per heavy atom. The zero-order chi connectivity index (χ0) is 14.4. The number of ether oxygens (including phenoxy) is 1. The van der Waals surface area contributed by atoms with Gasteiger partial charge in [0.15, 0.2) is 0 Å². The Bertz CT molecular complexity index is 416. The van der Waals surface area contributed by atoms with Crippen LogP contribution in [-0.2, 0) is 6.42 Å². The largest absolute Gasteiger partial charge is 0.490 e. The van der Waals surface area contributed by atoms with Crippen molar-refractivity contribution in [1.29, 1.82) is 0 Å². The smallest absolute Gasteiger partial charge is 0.123 e. The zero-order valence-corrected chi connectivity index (χ0v) is 13.2. The molecule has 20 heavy (non-hydrogen) atoms. The molecule has 0 saturated carbocycles. The summed E-state index contributed by atoms with van der Waals surface area (Å²) in [4.78, 5) is 0. The third kappa shape index (κ3) is 3.99. The molecule has 1 aromatic rings. The number of fused-ring (bicyclic) bond motifs is 1. The summed E-state index contributed by atoms with van der Waals surface area (Å²) in [6.45, 7) is 7.63. The lowest BCUT2D eigenvalue weighted by atomic mass is 9.97. The van der Waals surface area contributed by atoms with Gasteiger partial charge in [0.05, 0.1) is 0 Å². The van der Waals surface area contributed by atoms with E-state index >= 15 is 0 Å². The molecule has 1 N–H and O–H groups in total. The molecule has 2 unspecified atom stereocenters. The normalized spacial score (nSPS) is 18.6. The second-order valence-electron chi connectivity index (χ2n) is 5.96. The van der Waals surface area contributed by atoms with Crippen LogP contribution in [0.2, 0.25) is 0 Å². The molecule has 0 aliphatic carbocycles. The molecule has 0 spiro atoms. The van der Waals surface area contributed by atoms with Gasteiger partial charge in [0, 0.05) is 12.5 Å². The summed E-state index contributed by atoms with van der Waals surface area (Å²) in [7, 11) is 0. The first kappa shape index (κ1) is 15.4. The van der Waals surface area contributed by atoms with Crippen molar-refractivity contribution in [1.82, 2.24) is 5.32 Å². The van der Waals surface area contributed by atoms with Crippen molar-refractivity contribution in [2.75, 3.05) is 6.54 Å². The van der Waals surface area contributed by atoms with Gasteiger partial charge in [-0.05, 0) is 37.1 Å². The molecule has 2 atom stereocenters. The first-order chi connectivity index (χ1) is 9.74. The Kier molecular flexibility index (Phi) is 5.90. The fourth-order valence-corrected chi connectivity index (χ4v) is 3.07. The first-order valence-electron chi connectivity index (χ1n) is 8.27. The topological polar surface area (TPSA) is 21.3 Å². The van der Waals surface area contributed by atoms with Gasteiger partial charge in [-0.1, -0.05) is 51.7 Å². The second-order valence-corrected chi connectivity index (χ2v) is 5.96. The molecule has 0 saturated heterocycles. The maximum Gasteiger partial charge on any atom is 0.123 e. The van der Waals surface area contributed by atoms with Crippen LogP contribution < -0.4 is 10.1 Å². The van der Waals surface area contributed by atoms with E-state index in [1.54, 1.807) is 0 Å². The fourth-order valence-electron chi connectivity index (χ4n) is 3.07. The SMILES string of the molecule is CCCCCCC(NCC)c1ccc2c(c1)CC(C)O2. The van der Waals surface area contributed by atoms with Gasteiger partial charge in [-0.3, -0.25) is 0 Å². The van der Waals surface area contributed by atoms with Gasteiger partial charge in [-0.25, -0.2) is 0 Å². The number of hydrogen-bond acceptors (Lipinski definition) is 2. The molecular formula is C18H29NO. The standard InChI is InChI=1S/C18H29NO/c1-4-6-7-8-9-17(19-5-2)15-10-11-18-16(13-15)12-14(3)20-18/h10-11,13-14,17,19H,4-9,12H2,1-3H3. The van der Waals surface area contributed by atoms with E-state index in [9.17, 15) is 0 Å². The second kappa shape index (κ2) is 7.68. The van der Waals surface area contributed by atoms with Crippen LogP contribution in [0.3, 0.4) is 0 Å². The van der Waals surface area contributed by atoms with Crippen molar-refractivity contribution in [2.24, 2.45) is 0 Å². The lowest BCUT2D eigenvalue weighted by molar-refractivity contribution is 0.254. The maximum atomic E-state index is 5.79. The van der Waals surface area contributed by atoms with E-state index in [1.165, 1.54) is 43.2 Å². The molecule has 1 aromatic carbocycles. The van der Waals surface area contributed by atoms with Crippen LogP contribution in [0.1, 0.15) is 70.0 Å². The summed E-state index contributed by atoms with van der Waals surface area (Å²) in [6, 6.07) is 7.25. The Labute approximate surface area is 123 Å². The van der Waals surface area contributed by atoms with E-state index in [-0.39, 0.29) is 0 Å². The number of unbranched alkanes of at least 4 members (excludes halogenated alkanes) is 3. The minimum absolute atomic E-state index is 0.336. The summed E-state index contributed by atoms with van der Waals surface area (Å²) in [5.41, 5.74) is 2.81. The highest BCUT2D eigenvalue weighted by Crippen LogP contribution is 2.32. The first-order valence-corrected chi connectivity index (χ1v) is 8.27. The lowest BCUT2D eigenvalue weighted by Crippen LogP contribution is -2.21. The highest BCUT2D eigenvalue weighted by Gasteiger charge is 2.20. The molecule has 2 nitrogen and oxygen atoms in total. The summed E-state index contributed by atoms with van der Waals surface area (Å²) in [5, 5.41) is 3.64. The number of nitrogens with one attached hydrogen (secondary N) is 1. The van der Waals surface area contributed by atoms with Crippen LogP contribution in [0.4, 0.5) is 0 Å². The molecule has 2 rings (SSSR count). The third-order valence-electron chi connectivity index (χ3n) is 4.12. The zero-order valence-electron chi connectivity index (χ0n) is 13.2. The van der Waals surface area contributed by atoms with Gasteiger partial charge in [0.1, 0.15) is 11.9 Å². The van der Waals surface area contributed by atoms with Gasteiger partial charge >= 0.3 is 0 Å². The third-order valence-corrected chi connectivity index (χ3v) is 4.12. The monoisotopic (exact) mass is 275 g/mol. The Hall–Kier alpha value is -1.02. The Morgan fingerprint density at radius 3 is 2.85 bits per heavy atom. The highest BCUT2D eigenvalue weighted by atomic mass is 16.5. The quantitative estimate of drug-likeness (QED) is 0.698. The van der Waals surface area contributed by atoms with E-state index in [2.05, 4.69) is 44.3 Å². The average Bonchev–Trinajstić information content (AvgIpc) is 2.81. The predicted octanol–water partition coefficient (Wildman–Crippen LogP) is 4.63. The highest BCUT2D eigenvalue weighted by molar-refractivity contribution is 5.41. The van der Waals surface area contributed by atoms with Crippen molar-refractivity contribution >= 4 is 0 Å². The Morgan fingerprint density at radius 2 is 2.10 bits per heavy atom. The molecule has 112 valence electrons. The van der Waals surface area contributed by atoms with E-state index in [1.807, 2.05) is 0 Å². The summed E-state index contributed by atoms with van der Waals surface area (Å²) in [6.07, 6.45) is 7.95. The van der Waals surface area contributed by atoms with E-state index in [4.69, 9.17) is 4.74 Å². The van der Waals surface area contributed by atoms with E-state index in [0.717, 1.165) is 18.7 Å². The minimum Gasteiger partial charge on any atom is -0.490 e. The molecule has 1 heterocycles. The van der Waals surface area contributed by atoms with Crippen molar-refractivity contribution in [2.45, 2.75) is 71.4 Å².